The molecule has 0 fully saturated rings. The van der Waals surface area contributed by atoms with Gasteiger partial charge in [0.15, 0.2) is 23.1 Å². The Morgan fingerprint density at radius 1 is 0.857 bits per heavy atom. The number of hydrogen-bond acceptors (Lipinski definition) is 4. The molecule has 0 aliphatic carbocycles. The Morgan fingerprint density at radius 2 is 1.14 bits per heavy atom. The van der Waals surface area contributed by atoms with E-state index in [1.165, 1.54) is 6.92 Å². The summed E-state index contributed by atoms with van der Waals surface area (Å²) in [7, 11) is 0. The van der Waals surface area contributed by atoms with E-state index < -0.39 is 28.5 Å². The summed E-state index contributed by atoms with van der Waals surface area (Å²) in [5, 5.41) is 0. The maximum Gasteiger partial charge on any atom is 0.202 e. The van der Waals surface area contributed by atoms with Crippen LogP contribution in [0, 0.1) is 5.41 Å². The van der Waals surface area contributed by atoms with Gasteiger partial charge in [0.25, 0.3) is 0 Å². The zero-order valence-corrected chi connectivity index (χ0v) is 8.84. The molecule has 0 N–H and O–H groups in total. The van der Waals surface area contributed by atoms with E-state index in [0.717, 1.165) is 20.8 Å². The largest absolute Gasteiger partial charge is 0.298 e. The van der Waals surface area contributed by atoms with Gasteiger partial charge in [0.2, 0.25) is 5.41 Å². The molecule has 0 aliphatic heterocycles. The zero-order valence-electron chi connectivity index (χ0n) is 8.84. The second-order valence-corrected chi connectivity index (χ2v) is 3.20. The number of rotatable bonds is 5. The van der Waals surface area contributed by atoms with E-state index in [4.69, 9.17) is 0 Å². The van der Waals surface area contributed by atoms with Gasteiger partial charge in [0, 0.05) is 6.42 Å². The standard InChI is InChI=1S/C10H14O4/c1-5-9(14)10(6(2)11,7(3)12)8(4)13/h5H2,1-4H3. The first kappa shape index (κ1) is 12.7. The van der Waals surface area contributed by atoms with Gasteiger partial charge in [-0.3, -0.25) is 19.2 Å². The van der Waals surface area contributed by atoms with E-state index in [1.807, 2.05) is 0 Å². The molecule has 0 aromatic carbocycles. The first-order valence-corrected chi connectivity index (χ1v) is 4.38. The van der Waals surface area contributed by atoms with E-state index in [-0.39, 0.29) is 6.42 Å². The van der Waals surface area contributed by atoms with Crippen LogP contribution in [0.25, 0.3) is 0 Å². The molecule has 0 atom stereocenters. The highest BCUT2D eigenvalue weighted by Gasteiger charge is 2.50. The fraction of sp³-hybridized carbons (Fsp3) is 0.600. The molecule has 4 heteroatoms. The fourth-order valence-corrected chi connectivity index (χ4v) is 1.60. The SMILES string of the molecule is CCC(=O)C(C(C)=O)(C(C)=O)C(C)=O. The Hall–Kier alpha value is -1.32. The Bertz CT molecular complexity index is 265. The molecule has 0 amide bonds. The lowest BCUT2D eigenvalue weighted by atomic mass is 9.72. The Morgan fingerprint density at radius 3 is 1.21 bits per heavy atom. The van der Waals surface area contributed by atoms with Crippen molar-refractivity contribution in [2.24, 2.45) is 5.41 Å². The highest BCUT2D eigenvalue weighted by atomic mass is 16.2. The topological polar surface area (TPSA) is 68.3 Å². The van der Waals surface area contributed by atoms with Gasteiger partial charge in [-0.2, -0.15) is 0 Å². The van der Waals surface area contributed by atoms with Crippen LogP contribution in [0.1, 0.15) is 34.1 Å². The zero-order chi connectivity index (χ0) is 11.5. The molecule has 0 aliphatic rings. The second kappa shape index (κ2) is 4.26. The van der Waals surface area contributed by atoms with Crippen LogP contribution in [-0.2, 0) is 19.2 Å². The second-order valence-electron chi connectivity index (χ2n) is 3.20. The molecular weight excluding hydrogens is 184 g/mol. The van der Waals surface area contributed by atoms with Crippen LogP contribution in [0.2, 0.25) is 0 Å². The highest BCUT2D eigenvalue weighted by Crippen LogP contribution is 2.24. The third-order valence-corrected chi connectivity index (χ3v) is 2.32. The fourth-order valence-electron chi connectivity index (χ4n) is 1.60. The molecule has 0 spiro atoms. The Balaban J connectivity index is 5.63. The van der Waals surface area contributed by atoms with Crippen molar-refractivity contribution in [1.82, 2.24) is 0 Å². The van der Waals surface area contributed by atoms with Crippen LogP contribution in [0.15, 0.2) is 0 Å². The molecule has 0 heterocycles. The van der Waals surface area contributed by atoms with Crippen molar-refractivity contribution in [3.8, 4) is 0 Å². The first-order chi connectivity index (χ1) is 6.31. The maximum absolute atomic E-state index is 11.5. The molecule has 14 heavy (non-hydrogen) atoms. The summed E-state index contributed by atoms with van der Waals surface area (Å²) in [6, 6.07) is 0. The summed E-state index contributed by atoms with van der Waals surface area (Å²) < 4.78 is 0. The van der Waals surface area contributed by atoms with Crippen molar-refractivity contribution in [3.05, 3.63) is 0 Å². The predicted octanol–water partition coefficient (Wildman–Crippen LogP) is 0.719. The number of hydrogen-bond donors (Lipinski definition) is 0. The summed E-state index contributed by atoms with van der Waals surface area (Å²) in [4.78, 5) is 45.4. The van der Waals surface area contributed by atoms with Gasteiger partial charge < -0.3 is 0 Å². The third kappa shape index (κ3) is 1.64. The van der Waals surface area contributed by atoms with Crippen LogP contribution < -0.4 is 0 Å². The van der Waals surface area contributed by atoms with Crippen LogP contribution >= 0.6 is 0 Å². The van der Waals surface area contributed by atoms with Gasteiger partial charge in [-0.05, 0) is 20.8 Å². The van der Waals surface area contributed by atoms with E-state index in [9.17, 15) is 19.2 Å². The molecule has 0 bridgehead atoms. The molecular formula is C10H14O4. The summed E-state index contributed by atoms with van der Waals surface area (Å²) in [5.74, 6) is -2.69. The molecule has 0 rings (SSSR count). The smallest absolute Gasteiger partial charge is 0.202 e. The van der Waals surface area contributed by atoms with Crippen molar-refractivity contribution in [2.45, 2.75) is 34.1 Å². The monoisotopic (exact) mass is 198 g/mol. The molecule has 4 nitrogen and oxygen atoms in total. The van der Waals surface area contributed by atoms with Gasteiger partial charge in [-0.1, -0.05) is 6.92 Å². The first-order valence-electron chi connectivity index (χ1n) is 4.38. The van der Waals surface area contributed by atoms with Crippen LogP contribution in [0.4, 0.5) is 0 Å². The lowest BCUT2D eigenvalue weighted by Gasteiger charge is -2.23. The van der Waals surface area contributed by atoms with Gasteiger partial charge >= 0.3 is 0 Å². The normalized spacial score (nSPS) is 10.9. The summed E-state index contributed by atoms with van der Waals surface area (Å²) in [6.07, 6.45) is -0.00125. The van der Waals surface area contributed by atoms with E-state index in [1.54, 1.807) is 0 Å². The molecule has 0 unspecified atom stereocenters. The Kier molecular flexibility index (Phi) is 3.86. The minimum Gasteiger partial charge on any atom is -0.298 e. The summed E-state index contributed by atoms with van der Waals surface area (Å²) in [5.41, 5.74) is -2.05. The average molecular weight is 198 g/mol. The Labute approximate surface area is 82.7 Å². The highest BCUT2D eigenvalue weighted by molar-refractivity contribution is 6.37. The summed E-state index contributed by atoms with van der Waals surface area (Å²) >= 11 is 0. The molecule has 0 aromatic heterocycles. The van der Waals surface area contributed by atoms with E-state index in [0.29, 0.717) is 0 Å². The number of ketones is 4. The molecule has 0 aromatic rings. The number of carbonyl (C=O) groups is 4. The van der Waals surface area contributed by atoms with Gasteiger partial charge in [0.1, 0.15) is 0 Å². The van der Waals surface area contributed by atoms with E-state index in [2.05, 4.69) is 0 Å². The van der Waals surface area contributed by atoms with Crippen LogP contribution in [0.5, 0.6) is 0 Å². The molecule has 0 saturated carbocycles. The summed E-state index contributed by atoms with van der Waals surface area (Å²) in [6.45, 7) is 4.80. The lowest BCUT2D eigenvalue weighted by molar-refractivity contribution is -0.152. The van der Waals surface area contributed by atoms with E-state index >= 15 is 0 Å². The average Bonchev–Trinajstić information content (AvgIpc) is 2.02. The van der Waals surface area contributed by atoms with Crippen LogP contribution in [0.3, 0.4) is 0 Å². The number of Topliss-reactive ketones (excluding diaryl/α,β-unsaturated/α-hetero) is 4. The molecule has 78 valence electrons. The quantitative estimate of drug-likeness (QED) is 0.610. The van der Waals surface area contributed by atoms with Gasteiger partial charge in [0.05, 0.1) is 0 Å². The molecule has 0 saturated heterocycles. The van der Waals surface area contributed by atoms with Gasteiger partial charge in [-0.25, -0.2) is 0 Å². The number of carbonyl (C=O) groups excluding carboxylic acids is 4. The van der Waals surface area contributed by atoms with Gasteiger partial charge in [-0.15, -0.1) is 0 Å². The van der Waals surface area contributed by atoms with Crippen molar-refractivity contribution in [3.63, 3.8) is 0 Å². The van der Waals surface area contributed by atoms with Crippen LogP contribution in [-0.4, -0.2) is 23.1 Å². The maximum atomic E-state index is 11.5. The minimum absolute atomic E-state index is 0.00125. The molecule has 0 radical (unpaired) electrons. The van der Waals surface area contributed by atoms with Crippen molar-refractivity contribution in [1.29, 1.82) is 0 Å². The predicted molar refractivity (Wildman–Crippen MR) is 49.8 cm³/mol. The van der Waals surface area contributed by atoms with Crippen molar-refractivity contribution in [2.75, 3.05) is 0 Å². The van der Waals surface area contributed by atoms with Crippen molar-refractivity contribution >= 4 is 23.1 Å². The third-order valence-electron chi connectivity index (χ3n) is 2.32. The minimum atomic E-state index is -2.05. The lowest BCUT2D eigenvalue weighted by Crippen LogP contribution is -2.49. The van der Waals surface area contributed by atoms with Crippen molar-refractivity contribution < 1.29 is 19.2 Å².